The van der Waals surface area contributed by atoms with Crippen LogP contribution in [0.1, 0.15) is 20.8 Å². The molecule has 0 atom stereocenters. The van der Waals surface area contributed by atoms with Gasteiger partial charge in [-0.1, -0.05) is 12.1 Å². The molecular formula is C13H14BrNO2. The molecule has 90 valence electrons. The van der Waals surface area contributed by atoms with Gasteiger partial charge in [0.2, 0.25) is 0 Å². The Morgan fingerprint density at radius 3 is 2.65 bits per heavy atom. The van der Waals surface area contributed by atoms with Crippen LogP contribution in [-0.4, -0.2) is 16.3 Å². The summed E-state index contributed by atoms with van der Waals surface area (Å²) < 4.78 is 7.75. The smallest absolute Gasteiger partial charge is 0.419 e. The molecule has 17 heavy (non-hydrogen) atoms. The maximum Gasteiger partial charge on any atom is 0.419 e. The summed E-state index contributed by atoms with van der Waals surface area (Å²) in [7, 11) is 0. The third-order valence-electron chi connectivity index (χ3n) is 2.25. The lowest BCUT2D eigenvalue weighted by molar-refractivity contribution is 0.0544. The van der Waals surface area contributed by atoms with Crippen molar-refractivity contribution in [1.82, 2.24) is 4.57 Å². The van der Waals surface area contributed by atoms with Crippen LogP contribution in [0.3, 0.4) is 0 Å². The van der Waals surface area contributed by atoms with Crippen molar-refractivity contribution in [3.05, 3.63) is 34.9 Å². The average molecular weight is 296 g/mol. The van der Waals surface area contributed by atoms with Crippen molar-refractivity contribution >= 4 is 32.9 Å². The summed E-state index contributed by atoms with van der Waals surface area (Å²) in [4.78, 5) is 12.0. The first-order valence-corrected chi connectivity index (χ1v) is 6.17. The van der Waals surface area contributed by atoms with Crippen LogP contribution in [0, 0.1) is 0 Å². The summed E-state index contributed by atoms with van der Waals surface area (Å²) in [6.45, 7) is 5.56. The molecule has 0 N–H and O–H groups in total. The summed E-state index contributed by atoms with van der Waals surface area (Å²) in [6.07, 6.45) is 1.36. The van der Waals surface area contributed by atoms with Gasteiger partial charge in [-0.2, -0.15) is 0 Å². The third kappa shape index (κ3) is 2.52. The van der Waals surface area contributed by atoms with Crippen molar-refractivity contribution < 1.29 is 9.53 Å². The van der Waals surface area contributed by atoms with Gasteiger partial charge in [0.25, 0.3) is 0 Å². The van der Waals surface area contributed by atoms with Crippen LogP contribution >= 0.6 is 15.9 Å². The van der Waals surface area contributed by atoms with Gasteiger partial charge in [-0.25, -0.2) is 4.79 Å². The number of hydrogen-bond acceptors (Lipinski definition) is 2. The van der Waals surface area contributed by atoms with Gasteiger partial charge >= 0.3 is 6.09 Å². The zero-order valence-electron chi connectivity index (χ0n) is 10.0. The van der Waals surface area contributed by atoms with E-state index in [0.717, 1.165) is 15.4 Å². The zero-order valence-corrected chi connectivity index (χ0v) is 11.6. The number of benzene rings is 1. The molecule has 0 spiro atoms. The Balaban J connectivity index is 2.46. The largest absolute Gasteiger partial charge is 0.443 e. The van der Waals surface area contributed by atoms with Crippen LogP contribution in [0.4, 0.5) is 4.79 Å². The Hall–Kier alpha value is -1.29. The number of fused-ring (bicyclic) bond motifs is 1. The number of halogens is 1. The van der Waals surface area contributed by atoms with Gasteiger partial charge in [0.15, 0.2) is 0 Å². The molecular weight excluding hydrogens is 282 g/mol. The van der Waals surface area contributed by atoms with E-state index in [-0.39, 0.29) is 6.09 Å². The fourth-order valence-electron chi connectivity index (χ4n) is 1.61. The lowest BCUT2D eigenvalue weighted by Gasteiger charge is -2.19. The number of carbonyl (C=O) groups is 1. The van der Waals surface area contributed by atoms with E-state index in [0.29, 0.717) is 0 Å². The number of carbonyl (C=O) groups excluding carboxylic acids is 1. The second-order valence-electron chi connectivity index (χ2n) is 4.84. The van der Waals surface area contributed by atoms with Crippen LogP contribution in [0.5, 0.6) is 0 Å². The van der Waals surface area contributed by atoms with Crippen LogP contribution in [0.2, 0.25) is 0 Å². The molecule has 0 amide bonds. The van der Waals surface area contributed by atoms with Gasteiger partial charge in [0.05, 0.1) is 5.52 Å². The quantitative estimate of drug-likeness (QED) is 0.730. The standard InChI is InChI=1S/C13H14BrNO2/c1-13(2,3)17-12(16)15-8-7-9-5-4-6-10(14)11(9)15/h4-8H,1-3H3. The van der Waals surface area contributed by atoms with E-state index in [1.165, 1.54) is 4.57 Å². The summed E-state index contributed by atoms with van der Waals surface area (Å²) in [6, 6.07) is 7.69. The monoisotopic (exact) mass is 295 g/mol. The molecule has 0 aliphatic rings. The summed E-state index contributed by atoms with van der Waals surface area (Å²) >= 11 is 3.45. The molecule has 2 rings (SSSR count). The maximum absolute atomic E-state index is 12.0. The first kappa shape index (κ1) is 12.2. The predicted octanol–water partition coefficient (Wildman–Crippen LogP) is 4.19. The molecule has 0 unspecified atom stereocenters. The SMILES string of the molecule is CC(C)(C)OC(=O)n1ccc2cccc(Br)c21. The molecule has 0 bridgehead atoms. The van der Waals surface area contributed by atoms with Gasteiger partial charge in [0, 0.05) is 16.1 Å². The third-order valence-corrected chi connectivity index (χ3v) is 2.89. The number of ether oxygens (including phenoxy) is 1. The van der Waals surface area contributed by atoms with Gasteiger partial charge in [-0.3, -0.25) is 4.57 Å². The summed E-state index contributed by atoms with van der Waals surface area (Å²) in [5.41, 5.74) is 0.344. The predicted molar refractivity (Wildman–Crippen MR) is 71.3 cm³/mol. The first-order valence-electron chi connectivity index (χ1n) is 5.37. The van der Waals surface area contributed by atoms with Gasteiger partial charge in [-0.15, -0.1) is 0 Å². The Labute approximate surface area is 108 Å². The van der Waals surface area contributed by atoms with Crippen LogP contribution in [0.15, 0.2) is 34.9 Å². The second-order valence-corrected chi connectivity index (χ2v) is 5.70. The molecule has 1 aromatic heterocycles. The van der Waals surface area contributed by atoms with E-state index < -0.39 is 5.60 Å². The fraction of sp³-hybridized carbons (Fsp3) is 0.308. The summed E-state index contributed by atoms with van der Waals surface area (Å²) in [5.74, 6) is 0. The topological polar surface area (TPSA) is 31.2 Å². The van der Waals surface area contributed by atoms with E-state index in [1.54, 1.807) is 6.20 Å². The molecule has 0 fully saturated rings. The Morgan fingerprint density at radius 2 is 2.00 bits per heavy atom. The number of nitrogens with zero attached hydrogens (tertiary/aromatic N) is 1. The molecule has 0 radical (unpaired) electrons. The second kappa shape index (κ2) is 4.18. The van der Waals surface area contributed by atoms with E-state index in [2.05, 4.69) is 15.9 Å². The Kier molecular flexibility index (Phi) is 3.00. The maximum atomic E-state index is 12.0. The van der Waals surface area contributed by atoms with E-state index in [4.69, 9.17) is 4.74 Å². The lowest BCUT2D eigenvalue weighted by Crippen LogP contribution is -2.26. The molecule has 1 aromatic carbocycles. The van der Waals surface area contributed by atoms with Crippen molar-refractivity contribution in [1.29, 1.82) is 0 Å². The highest BCUT2D eigenvalue weighted by Gasteiger charge is 2.19. The summed E-state index contributed by atoms with van der Waals surface area (Å²) in [5, 5.41) is 1.00. The molecule has 3 nitrogen and oxygen atoms in total. The minimum atomic E-state index is -0.491. The van der Waals surface area contributed by atoms with Crippen LogP contribution in [-0.2, 0) is 4.74 Å². The minimum Gasteiger partial charge on any atom is -0.443 e. The Bertz CT molecular complexity index is 566. The molecule has 4 heteroatoms. The first-order chi connectivity index (χ1) is 7.88. The molecule has 0 saturated heterocycles. The van der Waals surface area contributed by atoms with Gasteiger partial charge in [0.1, 0.15) is 5.60 Å². The zero-order chi connectivity index (χ0) is 12.6. The van der Waals surface area contributed by atoms with Crippen LogP contribution in [0.25, 0.3) is 10.9 Å². The van der Waals surface area contributed by atoms with Crippen molar-refractivity contribution in [2.75, 3.05) is 0 Å². The number of rotatable bonds is 0. The van der Waals surface area contributed by atoms with Crippen molar-refractivity contribution in [2.24, 2.45) is 0 Å². The highest BCUT2D eigenvalue weighted by Crippen LogP contribution is 2.25. The normalized spacial score (nSPS) is 11.8. The minimum absolute atomic E-state index is 0.362. The molecule has 0 saturated carbocycles. The highest BCUT2D eigenvalue weighted by atomic mass is 79.9. The molecule has 0 aliphatic heterocycles. The number of para-hydroxylation sites is 1. The average Bonchev–Trinajstić information content (AvgIpc) is 2.60. The fourth-order valence-corrected chi connectivity index (χ4v) is 2.19. The van der Waals surface area contributed by atoms with Crippen molar-refractivity contribution in [3.63, 3.8) is 0 Å². The Morgan fingerprint density at radius 1 is 1.29 bits per heavy atom. The van der Waals surface area contributed by atoms with Crippen molar-refractivity contribution in [3.8, 4) is 0 Å². The van der Waals surface area contributed by atoms with E-state index in [9.17, 15) is 4.79 Å². The van der Waals surface area contributed by atoms with Gasteiger partial charge in [-0.05, 0) is 48.8 Å². The van der Waals surface area contributed by atoms with Gasteiger partial charge < -0.3 is 4.74 Å². The molecule has 2 aromatic rings. The number of hydrogen-bond donors (Lipinski definition) is 0. The highest BCUT2D eigenvalue weighted by molar-refractivity contribution is 9.10. The van der Waals surface area contributed by atoms with E-state index in [1.807, 2.05) is 45.0 Å². The van der Waals surface area contributed by atoms with Crippen molar-refractivity contribution in [2.45, 2.75) is 26.4 Å². The van der Waals surface area contributed by atoms with E-state index >= 15 is 0 Å². The lowest BCUT2D eigenvalue weighted by atomic mass is 10.2. The molecule has 1 heterocycles. The molecule has 0 aliphatic carbocycles. The number of aromatic nitrogens is 1. The van der Waals surface area contributed by atoms with Crippen LogP contribution < -0.4 is 0 Å².